The number of hydrogen-bond acceptors (Lipinski definition) is 3. The Labute approximate surface area is 153 Å². The number of nitrogens with zero attached hydrogens (tertiary/aromatic N) is 1. The average molecular weight is 346 g/mol. The molecule has 0 saturated heterocycles. The third-order valence-electron chi connectivity index (χ3n) is 4.23. The van der Waals surface area contributed by atoms with Crippen molar-refractivity contribution in [3.63, 3.8) is 0 Å². The van der Waals surface area contributed by atoms with E-state index in [0.717, 1.165) is 27.8 Å². The van der Waals surface area contributed by atoms with Crippen molar-refractivity contribution in [1.82, 2.24) is 10.3 Å². The zero-order valence-electron chi connectivity index (χ0n) is 15.1. The van der Waals surface area contributed by atoms with Gasteiger partial charge in [0, 0.05) is 10.9 Å². The summed E-state index contributed by atoms with van der Waals surface area (Å²) in [7, 11) is 0. The lowest BCUT2D eigenvalue weighted by Crippen LogP contribution is -2.28. The molecule has 26 heavy (non-hydrogen) atoms. The van der Waals surface area contributed by atoms with Crippen LogP contribution in [0.15, 0.2) is 54.6 Å². The molecule has 0 saturated carbocycles. The maximum Gasteiger partial charge on any atom is 0.213 e. The minimum absolute atomic E-state index is 0.0783. The molecule has 2 aromatic carbocycles. The summed E-state index contributed by atoms with van der Waals surface area (Å²) < 4.78 is 0. The van der Waals surface area contributed by atoms with Gasteiger partial charge in [-0.1, -0.05) is 63.2 Å². The minimum atomic E-state index is -0.0783. The molecule has 1 heterocycles. The number of fused-ring (bicyclic) bond motifs is 1. The topological polar surface area (TPSA) is 77.9 Å². The Bertz CT molecular complexity index is 956. The van der Waals surface area contributed by atoms with Crippen LogP contribution in [0.1, 0.15) is 26.3 Å². The summed E-state index contributed by atoms with van der Waals surface area (Å²) in [5.74, 6) is -0.0783. The first-order chi connectivity index (χ1) is 12.4. The quantitative estimate of drug-likeness (QED) is 0.376. The molecule has 0 aliphatic carbocycles. The summed E-state index contributed by atoms with van der Waals surface area (Å²) in [6, 6.07) is 18.0. The second-order valence-corrected chi connectivity index (χ2v) is 7.16. The number of hydrogen-bond donors (Lipinski definition) is 3. The Balaban J connectivity index is 2.06. The summed E-state index contributed by atoms with van der Waals surface area (Å²) in [6.07, 6.45) is 0.477. The largest absolute Gasteiger partial charge is 0.325 e. The standard InChI is InChI=1S/C21H22N4O/c1-21(2,3)15-10-8-14(9-11-15)18-12-19(25-20(22)23-13-26)16-6-4-5-7-17(16)24-18/h4-13H,1-3H3,(H3,22,23,24,25,26). The lowest BCUT2D eigenvalue weighted by atomic mass is 9.86. The lowest BCUT2D eigenvalue weighted by molar-refractivity contribution is -0.108. The first kappa shape index (κ1) is 17.6. The van der Waals surface area contributed by atoms with Crippen LogP contribution in [0.3, 0.4) is 0 Å². The second-order valence-electron chi connectivity index (χ2n) is 7.16. The third kappa shape index (κ3) is 3.72. The molecule has 3 N–H and O–H groups in total. The number of guanidine groups is 1. The number of amides is 1. The van der Waals surface area contributed by atoms with Crippen molar-refractivity contribution in [2.45, 2.75) is 26.2 Å². The summed E-state index contributed by atoms with van der Waals surface area (Å²) in [5, 5.41) is 13.9. The highest BCUT2D eigenvalue weighted by Gasteiger charge is 2.14. The number of aromatic nitrogens is 1. The molecule has 0 bridgehead atoms. The van der Waals surface area contributed by atoms with Crippen LogP contribution in [0.25, 0.3) is 22.2 Å². The van der Waals surface area contributed by atoms with Crippen molar-refractivity contribution in [3.8, 4) is 11.3 Å². The minimum Gasteiger partial charge on any atom is -0.325 e. The van der Waals surface area contributed by atoms with Crippen LogP contribution >= 0.6 is 0 Å². The van der Waals surface area contributed by atoms with Gasteiger partial charge >= 0.3 is 0 Å². The Hall–Kier alpha value is -3.21. The van der Waals surface area contributed by atoms with Gasteiger partial charge < -0.3 is 5.32 Å². The van der Waals surface area contributed by atoms with E-state index >= 15 is 0 Å². The summed E-state index contributed by atoms with van der Waals surface area (Å²) in [6.45, 7) is 6.55. The van der Waals surface area contributed by atoms with Crippen LogP contribution in [0.4, 0.5) is 5.69 Å². The van der Waals surface area contributed by atoms with Gasteiger partial charge in [0.15, 0.2) is 5.96 Å². The summed E-state index contributed by atoms with van der Waals surface area (Å²) in [5.41, 5.74) is 4.72. The molecule has 1 amide bonds. The molecule has 0 fully saturated rings. The van der Waals surface area contributed by atoms with Crippen LogP contribution in [-0.4, -0.2) is 17.4 Å². The highest BCUT2D eigenvalue weighted by atomic mass is 16.1. The highest BCUT2D eigenvalue weighted by molar-refractivity contribution is 6.04. The maximum atomic E-state index is 10.6. The maximum absolute atomic E-state index is 10.6. The molecule has 1 aromatic heterocycles. The number of para-hydroxylation sites is 1. The zero-order chi connectivity index (χ0) is 18.7. The first-order valence-corrected chi connectivity index (χ1v) is 8.45. The predicted octanol–water partition coefficient (Wildman–Crippen LogP) is 4.29. The Morgan fingerprint density at radius 2 is 1.77 bits per heavy atom. The van der Waals surface area contributed by atoms with Crippen LogP contribution < -0.4 is 10.6 Å². The van der Waals surface area contributed by atoms with E-state index < -0.39 is 0 Å². The number of benzene rings is 2. The van der Waals surface area contributed by atoms with E-state index in [1.165, 1.54) is 5.56 Å². The van der Waals surface area contributed by atoms with Crippen molar-refractivity contribution in [3.05, 3.63) is 60.2 Å². The number of carbonyl (C=O) groups excluding carboxylic acids is 1. The van der Waals surface area contributed by atoms with Gasteiger partial charge in [-0.2, -0.15) is 0 Å². The number of carbonyl (C=O) groups is 1. The van der Waals surface area contributed by atoms with Crippen molar-refractivity contribution in [2.24, 2.45) is 0 Å². The molecule has 0 aliphatic rings. The molecule has 5 heteroatoms. The SMILES string of the molecule is CC(C)(C)c1ccc(-c2cc(NC(=N)NC=O)c3ccccc3n2)cc1. The fourth-order valence-corrected chi connectivity index (χ4v) is 2.80. The monoisotopic (exact) mass is 346 g/mol. The normalized spacial score (nSPS) is 11.2. The van der Waals surface area contributed by atoms with Crippen molar-refractivity contribution < 1.29 is 4.79 Å². The summed E-state index contributed by atoms with van der Waals surface area (Å²) in [4.78, 5) is 15.3. The third-order valence-corrected chi connectivity index (χ3v) is 4.23. The van der Waals surface area contributed by atoms with Crippen LogP contribution in [0.5, 0.6) is 0 Å². The van der Waals surface area contributed by atoms with E-state index in [-0.39, 0.29) is 11.4 Å². The second kappa shape index (κ2) is 6.96. The van der Waals surface area contributed by atoms with Crippen molar-refractivity contribution in [2.75, 3.05) is 5.32 Å². The Morgan fingerprint density at radius 1 is 1.08 bits per heavy atom. The molecule has 3 rings (SSSR count). The number of nitrogens with one attached hydrogen (secondary N) is 3. The van der Waals surface area contributed by atoms with E-state index in [1.807, 2.05) is 30.3 Å². The van der Waals surface area contributed by atoms with E-state index in [9.17, 15) is 4.79 Å². The van der Waals surface area contributed by atoms with Gasteiger partial charge in [0.25, 0.3) is 0 Å². The fourth-order valence-electron chi connectivity index (χ4n) is 2.80. The lowest BCUT2D eigenvalue weighted by Gasteiger charge is -2.19. The smallest absolute Gasteiger partial charge is 0.213 e. The molecule has 0 aliphatic heterocycles. The van der Waals surface area contributed by atoms with E-state index in [1.54, 1.807) is 0 Å². The molecule has 0 atom stereocenters. The van der Waals surface area contributed by atoms with Gasteiger partial charge in [-0.3, -0.25) is 15.5 Å². The first-order valence-electron chi connectivity index (χ1n) is 8.45. The molecule has 3 aromatic rings. The van der Waals surface area contributed by atoms with Gasteiger partial charge in [0.2, 0.25) is 6.41 Å². The molecular formula is C21H22N4O. The summed E-state index contributed by atoms with van der Waals surface area (Å²) >= 11 is 0. The Kier molecular flexibility index (Phi) is 4.71. The average Bonchev–Trinajstić information content (AvgIpc) is 2.61. The number of rotatable bonds is 3. The van der Waals surface area contributed by atoms with Crippen LogP contribution in [-0.2, 0) is 10.2 Å². The fraction of sp³-hybridized carbons (Fsp3) is 0.190. The molecular weight excluding hydrogens is 324 g/mol. The van der Waals surface area contributed by atoms with Gasteiger partial charge in [0.05, 0.1) is 16.9 Å². The highest BCUT2D eigenvalue weighted by Crippen LogP contribution is 2.30. The molecule has 132 valence electrons. The Morgan fingerprint density at radius 3 is 2.42 bits per heavy atom. The predicted molar refractivity (Wildman–Crippen MR) is 106 cm³/mol. The molecule has 0 radical (unpaired) electrons. The van der Waals surface area contributed by atoms with Gasteiger partial charge in [-0.25, -0.2) is 4.98 Å². The van der Waals surface area contributed by atoms with Crippen molar-refractivity contribution >= 4 is 29.0 Å². The number of anilines is 1. The molecule has 5 nitrogen and oxygen atoms in total. The van der Waals surface area contributed by atoms with Crippen LogP contribution in [0, 0.1) is 5.41 Å². The van der Waals surface area contributed by atoms with Gasteiger partial charge in [-0.05, 0) is 23.1 Å². The zero-order valence-corrected chi connectivity index (χ0v) is 15.1. The van der Waals surface area contributed by atoms with Gasteiger partial charge in [0.1, 0.15) is 0 Å². The van der Waals surface area contributed by atoms with E-state index in [4.69, 9.17) is 10.4 Å². The number of pyridine rings is 1. The molecule has 0 unspecified atom stereocenters. The van der Waals surface area contributed by atoms with Crippen LogP contribution in [0.2, 0.25) is 0 Å². The molecule has 0 spiro atoms. The van der Waals surface area contributed by atoms with Gasteiger partial charge in [-0.15, -0.1) is 0 Å². The van der Waals surface area contributed by atoms with E-state index in [2.05, 4.69) is 55.7 Å². The van der Waals surface area contributed by atoms with E-state index in [0.29, 0.717) is 6.41 Å². The van der Waals surface area contributed by atoms with Crippen molar-refractivity contribution in [1.29, 1.82) is 5.41 Å².